The summed E-state index contributed by atoms with van der Waals surface area (Å²) in [4.78, 5) is 5.97. The predicted molar refractivity (Wildman–Crippen MR) is 73.6 cm³/mol. The van der Waals surface area contributed by atoms with Crippen molar-refractivity contribution in [3.8, 4) is 0 Å². The van der Waals surface area contributed by atoms with Gasteiger partial charge >= 0.3 is 0 Å². The first-order valence-electron chi connectivity index (χ1n) is 6.59. The van der Waals surface area contributed by atoms with Crippen LogP contribution in [0.25, 0.3) is 0 Å². The molecule has 1 saturated heterocycles. The highest BCUT2D eigenvalue weighted by Crippen LogP contribution is 2.21. The molecule has 0 amide bonds. The van der Waals surface area contributed by atoms with Gasteiger partial charge in [-0.15, -0.1) is 11.3 Å². The number of piperidine rings is 1. The Balaban J connectivity index is 1.84. The molecule has 0 aromatic carbocycles. The first kappa shape index (κ1) is 13.0. The summed E-state index contributed by atoms with van der Waals surface area (Å²) in [6, 6.07) is 0.541. The Kier molecular flexibility index (Phi) is 4.95. The second-order valence-corrected chi connectivity index (χ2v) is 6.23. The van der Waals surface area contributed by atoms with Gasteiger partial charge in [-0.3, -0.25) is 0 Å². The second kappa shape index (κ2) is 6.47. The van der Waals surface area contributed by atoms with Gasteiger partial charge in [0.1, 0.15) is 0 Å². The quantitative estimate of drug-likeness (QED) is 0.841. The van der Waals surface area contributed by atoms with E-state index in [-0.39, 0.29) is 0 Å². The molecule has 1 fully saturated rings. The lowest BCUT2D eigenvalue weighted by atomic mass is 9.97. The van der Waals surface area contributed by atoms with Gasteiger partial charge in [0.2, 0.25) is 0 Å². The summed E-state index contributed by atoms with van der Waals surface area (Å²) < 4.78 is 0. The van der Waals surface area contributed by atoms with Crippen molar-refractivity contribution in [3.63, 3.8) is 0 Å². The number of aromatic nitrogens is 1. The first-order valence-corrected chi connectivity index (χ1v) is 7.41. The maximum atomic E-state index is 4.56. The number of likely N-dealkylation sites (N-methyl/N-ethyl adjacent to an activating group) is 1. The molecule has 0 bridgehead atoms. The zero-order chi connectivity index (χ0) is 12.1. The molecular formula is C13H23N3S. The van der Waals surface area contributed by atoms with E-state index in [2.05, 4.69) is 28.7 Å². The molecule has 3 nitrogen and oxygen atoms in total. The molecule has 1 aliphatic heterocycles. The van der Waals surface area contributed by atoms with E-state index in [9.17, 15) is 0 Å². The van der Waals surface area contributed by atoms with Gasteiger partial charge in [-0.25, -0.2) is 4.98 Å². The normalized spacial score (nSPS) is 22.6. The Morgan fingerprint density at radius 1 is 1.65 bits per heavy atom. The fourth-order valence-corrected chi connectivity index (χ4v) is 3.45. The number of nitrogens with zero attached hydrogens (tertiary/aromatic N) is 1. The molecule has 2 N–H and O–H groups in total. The molecule has 96 valence electrons. The topological polar surface area (TPSA) is 37.0 Å². The summed E-state index contributed by atoms with van der Waals surface area (Å²) >= 11 is 1.89. The van der Waals surface area contributed by atoms with Crippen LogP contribution in [0, 0.1) is 5.92 Å². The van der Waals surface area contributed by atoms with Crippen molar-refractivity contribution in [3.05, 3.63) is 16.1 Å². The lowest BCUT2D eigenvalue weighted by Gasteiger charge is -2.21. The van der Waals surface area contributed by atoms with Crippen molar-refractivity contribution in [2.24, 2.45) is 5.92 Å². The molecule has 2 heterocycles. The van der Waals surface area contributed by atoms with Crippen LogP contribution in [-0.4, -0.2) is 31.2 Å². The van der Waals surface area contributed by atoms with Crippen molar-refractivity contribution in [2.45, 2.75) is 38.6 Å². The standard InChI is InChI=1S/C13H23N3S/c1-10(14-2)6-12-9-16-13(17-12)7-11-4-3-5-15-8-11/h9-11,14-15H,3-8H2,1-2H3. The van der Waals surface area contributed by atoms with Crippen molar-refractivity contribution in [1.29, 1.82) is 0 Å². The van der Waals surface area contributed by atoms with Gasteiger partial charge in [-0.05, 0) is 52.2 Å². The summed E-state index contributed by atoms with van der Waals surface area (Å²) in [7, 11) is 2.01. The van der Waals surface area contributed by atoms with Crippen molar-refractivity contribution >= 4 is 11.3 Å². The van der Waals surface area contributed by atoms with E-state index in [1.807, 2.05) is 18.4 Å². The van der Waals surface area contributed by atoms with E-state index in [0.29, 0.717) is 6.04 Å². The van der Waals surface area contributed by atoms with E-state index in [1.165, 1.54) is 35.8 Å². The highest BCUT2D eigenvalue weighted by molar-refractivity contribution is 7.11. The monoisotopic (exact) mass is 253 g/mol. The van der Waals surface area contributed by atoms with Gasteiger partial charge in [-0.1, -0.05) is 0 Å². The lowest BCUT2D eigenvalue weighted by Crippen LogP contribution is -2.30. The van der Waals surface area contributed by atoms with Crippen LogP contribution in [0.1, 0.15) is 29.7 Å². The number of nitrogens with one attached hydrogen (secondary N) is 2. The molecule has 0 saturated carbocycles. The molecule has 1 aromatic heterocycles. The number of rotatable bonds is 5. The zero-order valence-electron chi connectivity index (χ0n) is 10.8. The minimum Gasteiger partial charge on any atom is -0.317 e. The van der Waals surface area contributed by atoms with Crippen LogP contribution in [-0.2, 0) is 12.8 Å². The third-order valence-corrected chi connectivity index (χ3v) is 4.51. The lowest BCUT2D eigenvalue weighted by molar-refractivity contribution is 0.376. The van der Waals surface area contributed by atoms with Gasteiger partial charge in [-0.2, -0.15) is 0 Å². The maximum absolute atomic E-state index is 4.56. The molecule has 1 aromatic rings. The SMILES string of the molecule is CNC(C)Cc1cnc(CC2CCCNC2)s1. The highest BCUT2D eigenvalue weighted by Gasteiger charge is 2.15. The van der Waals surface area contributed by atoms with Crippen molar-refractivity contribution in [2.75, 3.05) is 20.1 Å². The van der Waals surface area contributed by atoms with E-state index in [4.69, 9.17) is 0 Å². The Labute approximate surface area is 108 Å². The van der Waals surface area contributed by atoms with Crippen LogP contribution < -0.4 is 10.6 Å². The van der Waals surface area contributed by atoms with Crippen LogP contribution in [0.3, 0.4) is 0 Å². The summed E-state index contributed by atoms with van der Waals surface area (Å²) in [5.41, 5.74) is 0. The van der Waals surface area contributed by atoms with Crippen LogP contribution in [0.2, 0.25) is 0 Å². The molecule has 2 rings (SSSR count). The second-order valence-electron chi connectivity index (χ2n) is 5.03. The Bertz CT molecular complexity index is 331. The van der Waals surface area contributed by atoms with Crippen LogP contribution in [0.4, 0.5) is 0 Å². The summed E-state index contributed by atoms with van der Waals surface area (Å²) in [6.45, 7) is 4.57. The van der Waals surface area contributed by atoms with E-state index in [1.54, 1.807) is 0 Å². The van der Waals surface area contributed by atoms with E-state index >= 15 is 0 Å². The Morgan fingerprint density at radius 3 is 3.24 bits per heavy atom. The molecule has 0 aliphatic carbocycles. The average Bonchev–Trinajstić information content (AvgIpc) is 2.77. The van der Waals surface area contributed by atoms with Crippen LogP contribution >= 0.6 is 11.3 Å². The average molecular weight is 253 g/mol. The number of hydrogen-bond donors (Lipinski definition) is 2. The number of thiazole rings is 1. The first-order chi connectivity index (χ1) is 8.28. The molecule has 17 heavy (non-hydrogen) atoms. The fraction of sp³-hybridized carbons (Fsp3) is 0.769. The van der Waals surface area contributed by atoms with Gasteiger partial charge < -0.3 is 10.6 Å². The van der Waals surface area contributed by atoms with Crippen LogP contribution in [0.5, 0.6) is 0 Å². The highest BCUT2D eigenvalue weighted by atomic mass is 32.1. The zero-order valence-corrected chi connectivity index (χ0v) is 11.6. The molecule has 0 radical (unpaired) electrons. The summed E-state index contributed by atoms with van der Waals surface area (Å²) in [6.07, 6.45) is 6.99. The van der Waals surface area contributed by atoms with Gasteiger partial charge in [0.15, 0.2) is 0 Å². The predicted octanol–water partition coefficient (Wildman–Crippen LogP) is 1.84. The van der Waals surface area contributed by atoms with Crippen molar-refractivity contribution in [1.82, 2.24) is 15.6 Å². The minimum atomic E-state index is 0.541. The fourth-order valence-electron chi connectivity index (χ4n) is 2.29. The summed E-state index contributed by atoms with van der Waals surface area (Å²) in [5, 5.41) is 8.06. The van der Waals surface area contributed by atoms with Crippen molar-refractivity contribution < 1.29 is 0 Å². The maximum Gasteiger partial charge on any atom is 0.0930 e. The summed E-state index contributed by atoms with van der Waals surface area (Å²) in [5.74, 6) is 0.796. The largest absolute Gasteiger partial charge is 0.317 e. The molecule has 4 heteroatoms. The van der Waals surface area contributed by atoms with E-state index in [0.717, 1.165) is 18.8 Å². The third kappa shape index (κ3) is 4.05. The Morgan fingerprint density at radius 2 is 2.53 bits per heavy atom. The Hall–Kier alpha value is -0.450. The molecule has 1 aliphatic rings. The van der Waals surface area contributed by atoms with Crippen LogP contribution in [0.15, 0.2) is 6.20 Å². The molecule has 2 atom stereocenters. The third-order valence-electron chi connectivity index (χ3n) is 3.46. The minimum absolute atomic E-state index is 0.541. The van der Waals surface area contributed by atoms with E-state index < -0.39 is 0 Å². The molecule has 0 spiro atoms. The van der Waals surface area contributed by atoms with Gasteiger partial charge in [0.25, 0.3) is 0 Å². The van der Waals surface area contributed by atoms with Gasteiger partial charge in [0.05, 0.1) is 5.01 Å². The smallest absolute Gasteiger partial charge is 0.0930 e. The number of hydrogen-bond acceptors (Lipinski definition) is 4. The molecular weight excluding hydrogens is 230 g/mol. The molecule has 2 unspecified atom stereocenters. The van der Waals surface area contributed by atoms with Gasteiger partial charge in [0, 0.05) is 23.5 Å².